The van der Waals surface area contributed by atoms with E-state index in [1.54, 1.807) is 4.90 Å². The molecule has 1 fully saturated rings. The molecule has 0 bridgehead atoms. The molecule has 1 aliphatic carbocycles. The van der Waals surface area contributed by atoms with Crippen molar-refractivity contribution in [3.8, 4) is 11.1 Å². The fraction of sp³-hybridized carbons (Fsp3) is 0.444. The van der Waals surface area contributed by atoms with Gasteiger partial charge in [-0.15, -0.1) is 0 Å². The van der Waals surface area contributed by atoms with E-state index in [2.05, 4.69) is 17.4 Å². The van der Waals surface area contributed by atoms with Crippen molar-refractivity contribution in [1.29, 1.82) is 0 Å². The third kappa shape index (κ3) is 5.17. The monoisotopic (exact) mass is 480 g/mol. The number of nitrogens with one attached hydrogen (secondary N) is 1. The summed E-state index contributed by atoms with van der Waals surface area (Å²) in [5, 5.41) is 11.8. The number of morpholine rings is 1. The number of ether oxygens (including phenoxy) is 2. The topological polar surface area (TPSA) is 105 Å². The molecule has 2 atom stereocenters. The molecular formula is C27H32N2O6. The van der Waals surface area contributed by atoms with Crippen molar-refractivity contribution >= 4 is 18.0 Å². The van der Waals surface area contributed by atoms with E-state index in [0.29, 0.717) is 13.2 Å². The van der Waals surface area contributed by atoms with Gasteiger partial charge in [-0.3, -0.25) is 9.59 Å². The fourth-order valence-corrected chi connectivity index (χ4v) is 4.91. The zero-order valence-electron chi connectivity index (χ0n) is 20.3. The minimum absolute atomic E-state index is 0.0249. The number of alkyl carbamates (subject to hydrolysis) is 1. The molecule has 2 amide bonds. The minimum Gasteiger partial charge on any atom is -0.481 e. The molecule has 1 heterocycles. The number of nitrogens with zero attached hydrogens (tertiary/aromatic N) is 1. The van der Waals surface area contributed by atoms with E-state index in [4.69, 9.17) is 14.6 Å². The van der Waals surface area contributed by atoms with Crippen LogP contribution >= 0.6 is 0 Å². The first-order valence-electron chi connectivity index (χ1n) is 12.0. The highest BCUT2D eigenvalue weighted by atomic mass is 16.5. The van der Waals surface area contributed by atoms with E-state index in [0.717, 1.165) is 22.3 Å². The van der Waals surface area contributed by atoms with Crippen LogP contribution in [0.1, 0.15) is 50.7 Å². The Bertz CT molecular complexity index is 1070. The summed E-state index contributed by atoms with van der Waals surface area (Å²) >= 11 is 0. The summed E-state index contributed by atoms with van der Waals surface area (Å²) in [6.45, 7) is 6.56. The summed E-state index contributed by atoms with van der Waals surface area (Å²) in [6, 6.07) is 14.8. The first-order chi connectivity index (χ1) is 16.7. The number of carboxylic acids is 1. The molecule has 8 nitrogen and oxygen atoms in total. The Hall–Kier alpha value is -3.39. The maximum atomic E-state index is 13.3. The summed E-state index contributed by atoms with van der Waals surface area (Å²) < 4.78 is 11.4. The van der Waals surface area contributed by atoms with Crippen LogP contribution in [-0.2, 0) is 19.1 Å². The second-order valence-corrected chi connectivity index (χ2v) is 9.61. The molecule has 2 unspecified atom stereocenters. The number of amides is 2. The van der Waals surface area contributed by atoms with E-state index < -0.39 is 23.7 Å². The molecule has 0 aromatic heterocycles. The molecule has 186 valence electrons. The first-order valence-corrected chi connectivity index (χ1v) is 12.0. The molecular weight excluding hydrogens is 448 g/mol. The molecule has 1 saturated heterocycles. The molecule has 2 aliphatic rings. The largest absolute Gasteiger partial charge is 0.481 e. The summed E-state index contributed by atoms with van der Waals surface area (Å²) in [5.41, 5.74) is 3.87. The van der Waals surface area contributed by atoms with Crippen LogP contribution in [0.25, 0.3) is 11.1 Å². The highest BCUT2D eigenvalue weighted by Gasteiger charge is 2.40. The average Bonchev–Trinajstić information content (AvgIpc) is 3.15. The summed E-state index contributed by atoms with van der Waals surface area (Å²) in [4.78, 5) is 39.0. The number of benzene rings is 2. The van der Waals surface area contributed by atoms with Gasteiger partial charge in [0.15, 0.2) is 0 Å². The first kappa shape index (κ1) is 24.7. The van der Waals surface area contributed by atoms with Gasteiger partial charge in [0.05, 0.1) is 18.2 Å². The average molecular weight is 481 g/mol. The zero-order valence-corrected chi connectivity index (χ0v) is 20.3. The third-order valence-corrected chi connectivity index (χ3v) is 7.14. The maximum Gasteiger partial charge on any atom is 0.407 e. The molecule has 2 aromatic carbocycles. The van der Waals surface area contributed by atoms with E-state index in [-0.39, 0.29) is 37.3 Å². The number of rotatable bonds is 7. The van der Waals surface area contributed by atoms with Crippen LogP contribution in [0.15, 0.2) is 48.5 Å². The van der Waals surface area contributed by atoms with Crippen LogP contribution in [0.4, 0.5) is 4.79 Å². The lowest BCUT2D eigenvalue weighted by Crippen LogP contribution is -2.61. The quantitative estimate of drug-likeness (QED) is 0.625. The standard InChI is InChI=1S/C27H32N2O6/c1-17-27(2,3)35-15-14-29(17)25(32)23(12-13-24(30)31)28-26(33)34-16-22-20-10-6-4-8-18(20)19-9-5-7-11-21(19)22/h4-11,17,22-23H,12-16H2,1-3H3,(H,28,33)(H,30,31). The van der Waals surface area contributed by atoms with Crippen LogP contribution in [0, 0.1) is 0 Å². The Labute approximate surface area is 205 Å². The van der Waals surface area contributed by atoms with E-state index >= 15 is 0 Å². The Balaban J connectivity index is 1.45. The number of aliphatic carboxylic acids is 1. The number of fused-ring (bicyclic) bond motifs is 3. The van der Waals surface area contributed by atoms with Gasteiger partial charge in [0, 0.05) is 18.9 Å². The van der Waals surface area contributed by atoms with E-state index in [1.807, 2.05) is 57.2 Å². The predicted octanol–water partition coefficient (Wildman–Crippen LogP) is 3.78. The molecule has 8 heteroatoms. The van der Waals surface area contributed by atoms with Crippen LogP contribution in [-0.4, -0.2) is 65.4 Å². The SMILES string of the molecule is CC1N(C(=O)C(CCC(=O)O)NC(=O)OCC2c3ccccc3-c3ccccc32)CCOC1(C)C. The lowest BCUT2D eigenvalue weighted by molar-refractivity contribution is -0.160. The van der Waals surface area contributed by atoms with Gasteiger partial charge < -0.3 is 24.8 Å². The van der Waals surface area contributed by atoms with Gasteiger partial charge in [-0.2, -0.15) is 0 Å². The second-order valence-electron chi connectivity index (χ2n) is 9.61. The smallest absolute Gasteiger partial charge is 0.407 e. The number of hydrogen-bond donors (Lipinski definition) is 2. The van der Waals surface area contributed by atoms with Crippen LogP contribution < -0.4 is 5.32 Å². The number of carboxylic acid groups (broad SMARTS) is 1. The number of carbonyl (C=O) groups is 3. The van der Waals surface area contributed by atoms with Gasteiger partial charge in [0.1, 0.15) is 12.6 Å². The van der Waals surface area contributed by atoms with Crippen LogP contribution in [0.5, 0.6) is 0 Å². The predicted molar refractivity (Wildman–Crippen MR) is 130 cm³/mol. The number of carbonyl (C=O) groups excluding carboxylic acids is 2. The molecule has 4 rings (SSSR count). The lowest BCUT2D eigenvalue weighted by Gasteiger charge is -2.45. The normalized spacial score (nSPS) is 19.4. The maximum absolute atomic E-state index is 13.3. The summed E-state index contributed by atoms with van der Waals surface area (Å²) in [5.74, 6) is -1.47. The summed E-state index contributed by atoms with van der Waals surface area (Å²) in [6.07, 6.45) is -1.01. The van der Waals surface area contributed by atoms with Crippen molar-refractivity contribution in [2.45, 2.75) is 57.2 Å². The molecule has 2 N–H and O–H groups in total. The van der Waals surface area contributed by atoms with Gasteiger partial charge >= 0.3 is 12.1 Å². The Kier molecular flexibility index (Phi) is 7.12. The molecule has 35 heavy (non-hydrogen) atoms. The lowest BCUT2D eigenvalue weighted by atomic mass is 9.95. The Morgan fingerprint density at radius 1 is 1.11 bits per heavy atom. The van der Waals surface area contributed by atoms with E-state index in [1.165, 1.54) is 0 Å². The van der Waals surface area contributed by atoms with Gasteiger partial charge in [-0.25, -0.2) is 4.79 Å². The highest BCUT2D eigenvalue weighted by molar-refractivity contribution is 5.86. The summed E-state index contributed by atoms with van der Waals surface area (Å²) in [7, 11) is 0. The molecule has 2 aromatic rings. The van der Waals surface area contributed by atoms with Crippen molar-refractivity contribution in [1.82, 2.24) is 10.2 Å². The van der Waals surface area contributed by atoms with Gasteiger partial charge in [0.25, 0.3) is 0 Å². The highest BCUT2D eigenvalue weighted by Crippen LogP contribution is 2.44. The van der Waals surface area contributed by atoms with Gasteiger partial charge in [-0.1, -0.05) is 48.5 Å². The van der Waals surface area contributed by atoms with Crippen LogP contribution in [0.2, 0.25) is 0 Å². The number of hydrogen-bond acceptors (Lipinski definition) is 5. The van der Waals surface area contributed by atoms with Gasteiger partial charge in [-0.05, 0) is 49.4 Å². The Morgan fingerprint density at radius 3 is 2.31 bits per heavy atom. The van der Waals surface area contributed by atoms with Crippen LogP contribution in [0.3, 0.4) is 0 Å². The van der Waals surface area contributed by atoms with Crippen molar-refractivity contribution < 1.29 is 29.0 Å². The van der Waals surface area contributed by atoms with E-state index in [9.17, 15) is 14.4 Å². The molecule has 0 spiro atoms. The minimum atomic E-state index is -1.03. The van der Waals surface area contributed by atoms with Gasteiger partial charge in [0.2, 0.25) is 5.91 Å². The fourth-order valence-electron chi connectivity index (χ4n) is 4.91. The van der Waals surface area contributed by atoms with Crippen molar-refractivity contribution in [3.63, 3.8) is 0 Å². The third-order valence-electron chi connectivity index (χ3n) is 7.14. The zero-order chi connectivity index (χ0) is 25.2. The van der Waals surface area contributed by atoms with Crippen molar-refractivity contribution in [2.75, 3.05) is 19.8 Å². The molecule has 0 radical (unpaired) electrons. The molecule has 0 saturated carbocycles. The van der Waals surface area contributed by atoms with Crippen molar-refractivity contribution in [3.05, 3.63) is 59.7 Å². The molecule has 1 aliphatic heterocycles. The Morgan fingerprint density at radius 2 is 1.71 bits per heavy atom. The van der Waals surface area contributed by atoms with Crippen molar-refractivity contribution in [2.24, 2.45) is 0 Å². The second kappa shape index (κ2) is 10.1.